The predicted octanol–water partition coefficient (Wildman–Crippen LogP) is 4.47. The molecule has 0 fully saturated rings. The minimum absolute atomic E-state index is 0.0154. The Bertz CT molecular complexity index is 752. The summed E-state index contributed by atoms with van der Waals surface area (Å²) >= 11 is 1.65. The summed E-state index contributed by atoms with van der Waals surface area (Å²) in [6, 6.07) is 17.8. The molecule has 0 aliphatic heterocycles. The van der Waals surface area contributed by atoms with E-state index in [0.717, 1.165) is 16.1 Å². The van der Waals surface area contributed by atoms with Gasteiger partial charge in [-0.25, -0.2) is 0 Å². The van der Waals surface area contributed by atoms with Crippen LogP contribution in [-0.4, -0.2) is 22.3 Å². The van der Waals surface area contributed by atoms with Gasteiger partial charge < -0.3 is 4.90 Å². The Labute approximate surface area is 140 Å². The first-order chi connectivity index (χ1) is 11.3. The van der Waals surface area contributed by atoms with Crippen LogP contribution in [-0.2, 0) is 6.54 Å². The minimum atomic E-state index is 0.0154. The maximum Gasteiger partial charge on any atom is 0.255 e. The normalized spacial score (nSPS) is 10.5. The van der Waals surface area contributed by atoms with E-state index in [9.17, 15) is 4.79 Å². The van der Waals surface area contributed by atoms with E-state index in [4.69, 9.17) is 0 Å². The standard InChI is InChI=1S/C19H18N2OS/c1-2-21(14-15-7-4-3-5-8-15)19(22)16-10-11-17(20-13-16)18-9-6-12-23-18/h3-13H,2,14H2,1H3. The summed E-state index contributed by atoms with van der Waals surface area (Å²) in [5.74, 6) is 0.0154. The minimum Gasteiger partial charge on any atom is -0.335 e. The molecule has 0 atom stereocenters. The van der Waals surface area contributed by atoms with E-state index >= 15 is 0 Å². The van der Waals surface area contributed by atoms with Crippen LogP contribution in [0, 0.1) is 0 Å². The fourth-order valence-electron chi connectivity index (χ4n) is 2.40. The highest BCUT2D eigenvalue weighted by molar-refractivity contribution is 7.13. The van der Waals surface area contributed by atoms with E-state index in [1.54, 1.807) is 17.5 Å². The van der Waals surface area contributed by atoms with Crippen molar-refractivity contribution in [1.82, 2.24) is 9.88 Å². The monoisotopic (exact) mass is 322 g/mol. The lowest BCUT2D eigenvalue weighted by atomic mass is 10.1. The topological polar surface area (TPSA) is 33.2 Å². The number of pyridine rings is 1. The van der Waals surface area contributed by atoms with Gasteiger partial charge in [0, 0.05) is 19.3 Å². The Morgan fingerprint density at radius 1 is 1.09 bits per heavy atom. The van der Waals surface area contributed by atoms with Crippen molar-refractivity contribution in [3.63, 3.8) is 0 Å². The molecule has 1 aromatic carbocycles. The van der Waals surface area contributed by atoms with Crippen LogP contribution in [0.5, 0.6) is 0 Å². The van der Waals surface area contributed by atoms with Gasteiger partial charge in [-0.2, -0.15) is 0 Å². The maximum absolute atomic E-state index is 12.7. The van der Waals surface area contributed by atoms with E-state index in [2.05, 4.69) is 4.98 Å². The number of rotatable bonds is 5. The van der Waals surface area contributed by atoms with Gasteiger partial charge in [-0.3, -0.25) is 9.78 Å². The Balaban J connectivity index is 1.75. The van der Waals surface area contributed by atoms with Crippen molar-refractivity contribution >= 4 is 17.2 Å². The van der Waals surface area contributed by atoms with Gasteiger partial charge in [-0.1, -0.05) is 36.4 Å². The highest BCUT2D eigenvalue weighted by Gasteiger charge is 2.15. The smallest absolute Gasteiger partial charge is 0.255 e. The molecule has 4 heteroatoms. The molecule has 23 heavy (non-hydrogen) atoms. The molecule has 0 saturated heterocycles. The van der Waals surface area contributed by atoms with Crippen molar-refractivity contribution in [1.29, 1.82) is 0 Å². The quantitative estimate of drug-likeness (QED) is 0.694. The van der Waals surface area contributed by atoms with Gasteiger partial charge in [0.25, 0.3) is 5.91 Å². The zero-order chi connectivity index (χ0) is 16.1. The summed E-state index contributed by atoms with van der Waals surface area (Å²) in [7, 11) is 0. The van der Waals surface area contributed by atoms with Gasteiger partial charge in [-0.15, -0.1) is 11.3 Å². The lowest BCUT2D eigenvalue weighted by molar-refractivity contribution is 0.0752. The highest BCUT2D eigenvalue weighted by atomic mass is 32.1. The molecule has 0 radical (unpaired) electrons. The van der Waals surface area contributed by atoms with Crippen LogP contribution in [0.2, 0.25) is 0 Å². The van der Waals surface area contributed by atoms with Gasteiger partial charge in [0.05, 0.1) is 16.1 Å². The molecule has 3 nitrogen and oxygen atoms in total. The largest absolute Gasteiger partial charge is 0.335 e. The number of aromatic nitrogens is 1. The molecule has 0 N–H and O–H groups in total. The van der Waals surface area contributed by atoms with Crippen molar-refractivity contribution in [3.05, 3.63) is 77.3 Å². The molecule has 0 unspecified atom stereocenters. The Hall–Kier alpha value is -2.46. The maximum atomic E-state index is 12.7. The molecule has 0 aliphatic rings. The van der Waals surface area contributed by atoms with Gasteiger partial charge in [0.15, 0.2) is 0 Å². The fraction of sp³-hybridized carbons (Fsp3) is 0.158. The molecule has 2 heterocycles. The van der Waals surface area contributed by atoms with Crippen molar-refractivity contribution in [2.75, 3.05) is 6.54 Å². The highest BCUT2D eigenvalue weighted by Crippen LogP contribution is 2.22. The number of hydrogen-bond acceptors (Lipinski definition) is 3. The van der Waals surface area contributed by atoms with Crippen molar-refractivity contribution in [3.8, 4) is 10.6 Å². The lowest BCUT2D eigenvalue weighted by Gasteiger charge is -2.21. The Morgan fingerprint density at radius 3 is 2.52 bits per heavy atom. The summed E-state index contributed by atoms with van der Waals surface area (Å²) in [5, 5.41) is 2.02. The van der Waals surface area contributed by atoms with Crippen LogP contribution in [0.4, 0.5) is 0 Å². The number of amides is 1. The summed E-state index contributed by atoms with van der Waals surface area (Å²) in [4.78, 5) is 20.0. The number of thiophene rings is 1. The summed E-state index contributed by atoms with van der Waals surface area (Å²) < 4.78 is 0. The lowest BCUT2D eigenvalue weighted by Crippen LogP contribution is -2.30. The zero-order valence-electron chi connectivity index (χ0n) is 13.0. The van der Waals surface area contributed by atoms with Crippen molar-refractivity contribution in [2.24, 2.45) is 0 Å². The Morgan fingerprint density at radius 2 is 1.91 bits per heavy atom. The van der Waals surface area contributed by atoms with E-state index in [1.807, 2.05) is 71.8 Å². The van der Waals surface area contributed by atoms with Gasteiger partial charge in [0.2, 0.25) is 0 Å². The molecular weight excluding hydrogens is 304 g/mol. The van der Waals surface area contributed by atoms with E-state index in [0.29, 0.717) is 18.7 Å². The average molecular weight is 322 g/mol. The average Bonchev–Trinajstić information content (AvgIpc) is 3.15. The van der Waals surface area contributed by atoms with Crippen LogP contribution in [0.3, 0.4) is 0 Å². The first kappa shape index (κ1) is 15.4. The summed E-state index contributed by atoms with van der Waals surface area (Å²) in [6.45, 7) is 3.28. The zero-order valence-corrected chi connectivity index (χ0v) is 13.8. The molecule has 2 aromatic heterocycles. The summed E-state index contributed by atoms with van der Waals surface area (Å²) in [6.07, 6.45) is 1.67. The van der Waals surface area contributed by atoms with Crippen LogP contribution in [0.25, 0.3) is 10.6 Å². The van der Waals surface area contributed by atoms with Gasteiger partial charge >= 0.3 is 0 Å². The van der Waals surface area contributed by atoms with E-state index in [-0.39, 0.29) is 5.91 Å². The predicted molar refractivity (Wildman–Crippen MR) is 94.4 cm³/mol. The number of carbonyl (C=O) groups is 1. The molecule has 3 aromatic rings. The molecule has 3 rings (SSSR count). The summed E-state index contributed by atoms with van der Waals surface area (Å²) in [5.41, 5.74) is 2.66. The van der Waals surface area contributed by atoms with Crippen LogP contribution < -0.4 is 0 Å². The first-order valence-corrected chi connectivity index (χ1v) is 8.49. The van der Waals surface area contributed by atoms with Gasteiger partial charge in [-0.05, 0) is 36.1 Å². The molecule has 0 spiro atoms. The number of carbonyl (C=O) groups excluding carboxylic acids is 1. The van der Waals surface area contributed by atoms with E-state index in [1.165, 1.54) is 0 Å². The first-order valence-electron chi connectivity index (χ1n) is 7.61. The molecule has 0 bridgehead atoms. The molecule has 0 aliphatic carbocycles. The fourth-order valence-corrected chi connectivity index (χ4v) is 3.11. The number of nitrogens with zero attached hydrogens (tertiary/aromatic N) is 2. The van der Waals surface area contributed by atoms with Crippen molar-refractivity contribution in [2.45, 2.75) is 13.5 Å². The second-order valence-electron chi connectivity index (χ2n) is 5.21. The third kappa shape index (κ3) is 3.66. The second kappa shape index (κ2) is 7.20. The third-order valence-electron chi connectivity index (χ3n) is 3.67. The van der Waals surface area contributed by atoms with E-state index < -0.39 is 0 Å². The molecule has 1 amide bonds. The van der Waals surface area contributed by atoms with Crippen LogP contribution in [0.1, 0.15) is 22.8 Å². The van der Waals surface area contributed by atoms with Gasteiger partial charge in [0.1, 0.15) is 0 Å². The molecule has 116 valence electrons. The number of hydrogen-bond donors (Lipinski definition) is 0. The number of benzene rings is 1. The van der Waals surface area contributed by atoms with Crippen molar-refractivity contribution < 1.29 is 4.79 Å². The second-order valence-corrected chi connectivity index (χ2v) is 6.16. The molecular formula is C19H18N2OS. The van der Waals surface area contributed by atoms with Crippen LogP contribution >= 0.6 is 11.3 Å². The Kier molecular flexibility index (Phi) is 4.83. The van der Waals surface area contributed by atoms with Crippen LogP contribution in [0.15, 0.2) is 66.2 Å². The molecule has 0 saturated carbocycles. The SMILES string of the molecule is CCN(Cc1ccccc1)C(=O)c1ccc(-c2cccs2)nc1. The third-order valence-corrected chi connectivity index (χ3v) is 4.56.